The van der Waals surface area contributed by atoms with Crippen LogP contribution in [0.3, 0.4) is 0 Å². The van der Waals surface area contributed by atoms with Crippen LogP contribution in [-0.2, 0) is 11.0 Å². The van der Waals surface area contributed by atoms with Crippen LogP contribution in [0, 0.1) is 5.92 Å². The van der Waals surface area contributed by atoms with Gasteiger partial charge in [0, 0.05) is 6.42 Å². The van der Waals surface area contributed by atoms with Crippen LogP contribution < -0.4 is 0 Å². The van der Waals surface area contributed by atoms with E-state index in [0.29, 0.717) is 5.56 Å². The molecule has 0 aliphatic heterocycles. The molecule has 1 aliphatic rings. The van der Waals surface area contributed by atoms with E-state index in [0.717, 1.165) is 37.7 Å². The van der Waals surface area contributed by atoms with Crippen LogP contribution in [0.25, 0.3) is 0 Å². The smallest absolute Gasteiger partial charge is 0.241 e. The molecule has 1 unspecified atom stereocenters. The van der Waals surface area contributed by atoms with E-state index in [2.05, 4.69) is 20.8 Å². The standard InChI is InChI=1S/C19H28F2O/c1-18(2,3)14-9-11-16(12-10-14)19(22,13-17(20)21)15-7-5-4-6-8-15/h9-12,15,17,22H,4-8,13H2,1-3H3. The fourth-order valence-electron chi connectivity index (χ4n) is 3.59. The summed E-state index contributed by atoms with van der Waals surface area (Å²) in [6.07, 6.45) is 1.91. The average molecular weight is 310 g/mol. The second-order valence-corrected chi connectivity index (χ2v) is 7.68. The lowest BCUT2D eigenvalue weighted by Crippen LogP contribution is -2.38. The summed E-state index contributed by atoms with van der Waals surface area (Å²) in [6, 6.07) is 7.62. The molecule has 0 bridgehead atoms. The van der Waals surface area contributed by atoms with E-state index in [9.17, 15) is 13.9 Å². The monoisotopic (exact) mass is 310 g/mol. The first-order valence-electron chi connectivity index (χ1n) is 8.35. The Hall–Kier alpha value is -0.960. The van der Waals surface area contributed by atoms with Gasteiger partial charge in [0.05, 0.1) is 5.60 Å². The lowest BCUT2D eigenvalue weighted by molar-refractivity contribution is -0.0809. The van der Waals surface area contributed by atoms with Gasteiger partial charge in [-0.2, -0.15) is 0 Å². The Morgan fingerprint density at radius 1 is 1.00 bits per heavy atom. The Bertz CT molecular complexity index is 469. The molecular formula is C19H28F2O. The molecule has 1 aromatic carbocycles. The molecule has 0 spiro atoms. The first kappa shape index (κ1) is 17.4. The van der Waals surface area contributed by atoms with Crippen molar-refractivity contribution in [1.82, 2.24) is 0 Å². The maximum absolute atomic E-state index is 13.1. The predicted octanol–water partition coefficient (Wildman–Crippen LogP) is 5.41. The largest absolute Gasteiger partial charge is 0.385 e. The van der Waals surface area contributed by atoms with E-state index in [1.807, 2.05) is 24.3 Å². The summed E-state index contributed by atoms with van der Waals surface area (Å²) in [4.78, 5) is 0. The highest BCUT2D eigenvalue weighted by Gasteiger charge is 2.41. The summed E-state index contributed by atoms with van der Waals surface area (Å²) in [6.45, 7) is 6.36. The van der Waals surface area contributed by atoms with Crippen molar-refractivity contribution in [3.63, 3.8) is 0 Å². The van der Waals surface area contributed by atoms with Gasteiger partial charge in [-0.1, -0.05) is 64.3 Å². The number of hydrogen-bond donors (Lipinski definition) is 1. The van der Waals surface area contributed by atoms with Crippen molar-refractivity contribution >= 4 is 0 Å². The highest BCUT2D eigenvalue weighted by atomic mass is 19.3. The van der Waals surface area contributed by atoms with Crippen molar-refractivity contribution in [2.24, 2.45) is 5.92 Å². The molecule has 124 valence electrons. The van der Waals surface area contributed by atoms with Crippen molar-refractivity contribution in [3.05, 3.63) is 35.4 Å². The van der Waals surface area contributed by atoms with Crippen LogP contribution in [0.2, 0.25) is 0 Å². The number of hydrogen-bond acceptors (Lipinski definition) is 1. The minimum absolute atomic E-state index is 0.0181. The van der Waals surface area contributed by atoms with Gasteiger partial charge >= 0.3 is 0 Å². The lowest BCUT2D eigenvalue weighted by Gasteiger charge is -2.39. The molecule has 1 N–H and O–H groups in total. The third-order valence-corrected chi connectivity index (χ3v) is 5.00. The molecule has 3 heteroatoms. The molecule has 1 fully saturated rings. The molecule has 2 rings (SSSR count). The van der Waals surface area contributed by atoms with Gasteiger partial charge in [0.15, 0.2) is 0 Å². The van der Waals surface area contributed by atoms with Gasteiger partial charge in [-0.25, -0.2) is 8.78 Å². The Labute approximate surface area is 132 Å². The third-order valence-electron chi connectivity index (χ3n) is 5.00. The zero-order valence-electron chi connectivity index (χ0n) is 13.9. The zero-order chi connectivity index (χ0) is 16.4. The number of rotatable bonds is 4. The van der Waals surface area contributed by atoms with E-state index in [1.54, 1.807) is 0 Å². The summed E-state index contributed by atoms with van der Waals surface area (Å²) in [5.41, 5.74) is 0.418. The summed E-state index contributed by atoms with van der Waals surface area (Å²) in [5, 5.41) is 11.1. The van der Waals surface area contributed by atoms with Crippen molar-refractivity contribution < 1.29 is 13.9 Å². The van der Waals surface area contributed by atoms with E-state index < -0.39 is 18.4 Å². The van der Waals surface area contributed by atoms with Gasteiger partial charge in [-0.05, 0) is 35.3 Å². The van der Waals surface area contributed by atoms with E-state index in [-0.39, 0.29) is 11.3 Å². The van der Waals surface area contributed by atoms with Crippen LogP contribution in [0.5, 0.6) is 0 Å². The van der Waals surface area contributed by atoms with Gasteiger partial charge in [0.25, 0.3) is 0 Å². The SMILES string of the molecule is CC(C)(C)c1ccc(C(O)(CC(F)F)C2CCCCC2)cc1. The fourth-order valence-corrected chi connectivity index (χ4v) is 3.59. The van der Waals surface area contributed by atoms with Gasteiger partial charge in [-0.15, -0.1) is 0 Å². The van der Waals surface area contributed by atoms with Crippen LogP contribution in [-0.4, -0.2) is 11.5 Å². The fraction of sp³-hybridized carbons (Fsp3) is 0.684. The number of halogens is 2. The lowest BCUT2D eigenvalue weighted by atomic mass is 9.71. The van der Waals surface area contributed by atoms with Crippen molar-refractivity contribution in [2.75, 3.05) is 0 Å². The Balaban J connectivity index is 2.32. The molecule has 1 aromatic rings. The number of benzene rings is 1. The summed E-state index contributed by atoms with van der Waals surface area (Å²) >= 11 is 0. The quantitative estimate of drug-likeness (QED) is 0.788. The Kier molecular flexibility index (Phi) is 5.26. The van der Waals surface area contributed by atoms with Crippen molar-refractivity contribution in [2.45, 2.75) is 76.7 Å². The molecule has 0 amide bonds. The topological polar surface area (TPSA) is 20.2 Å². The average Bonchev–Trinajstić information content (AvgIpc) is 2.46. The normalized spacial score (nSPS) is 20.1. The molecule has 0 aromatic heterocycles. The highest BCUT2D eigenvalue weighted by molar-refractivity contribution is 5.31. The minimum atomic E-state index is -2.49. The minimum Gasteiger partial charge on any atom is -0.385 e. The van der Waals surface area contributed by atoms with Crippen molar-refractivity contribution in [3.8, 4) is 0 Å². The van der Waals surface area contributed by atoms with E-state index in [4.69, 9.17) is 0 Å². The van der Waals surface area contributed by atoms with E-state index in [1.165, 1.54) is 0 Å². The maximum atomic E-state index is 13.1. The van der Waals surface area contributed by atoms with Crippen LogP contribution in [0.15, 0.2) is 24.3 Å². The van der Waals surface area contributed by atoms with Crippen LogP contribution in [0.1, 0.15) is 70.4 Å². The molecule has 0 heterocycles. The highest BCUT2D eigenvalue weighted by Crippen LogP contribution is 2.43. The molecule has 0 radical (unpaired) electrons. The maximum Gasteiger partial charge on any atom is 0.241 e. The Morgan fingerprint density at radius 2 is 1.50 bits per heavy atom. The van der Waals surface area contributed by atoms with Crippen LogP contribution >= 0.6 is 0 Å². The molecule has 1 nitrogen and oxygen atoms in total. The second kappa shape index (κ2) is 6.66. The summed E-state index contributed by atoms with van der Waals surface area (Å²) in [5.74, 6) is -0.0595. The molecule has 22 heavy (non-hydrogen) atoms. The Morgan fingerprint density at radius 3 is 1.95 bits per heavy atom. The summed E-state index contributed by atoms with van der Waals surface area (Å²) in [7, 11) is 0. The molecular weight excluding hydrogens is 282 g/mol. The molecule has 0 saturated heterocycles. The first-order valence-corrected chi connectivity index (χ1v) is 8.35. The second-order valence-electron chi connectivity index (χ2n) is 7.68. The predicted molar refractivity (Wildman–Crippen MR) is 86.2 cm³/mol. The van der Waals surface area contributed by atoms with Gasteiger partial charge < -0.3 is 5.11 Å². The summed E-state index contributed by atoms with van der Waals surface area (Å²) < 4.78 is 26.2. The molecule has 1 aliphatic carbocycles. The zero-order valence-corrected chi connectivity index (χ0v) is 13.9. The van der Waals surface area contributed by atoms with Crippen LogP contribution in [0.4, 0.5) is 8.78 Å². The first-order chi connectivity index (χ1) is 10.2. The van der Waals surface area contributed by atoms with Gasteiger partial charge in [0.1, 0.15) is 0 Å². The van der Waals surface area contributed by atoms with Gasteiger partial charge in [0.2, 0.25) is 6.43 Å². The molecule has 1 atom stereocenters. The van der Waals surface area contributed by atoms with E-state index >= 15 is 0 Å². The third kappa shape index (κ3) is 3.87. The van der Waals surface area contributed by atoms with Gasteiger partial charge in [-0.3, -0.25) is 0 Å². The number of aliphatic hydroxyl groups is 1. The molecule has 1 saturated carbocycles. The van der Waals surface area contributed by atoms with Crippen molar-refractivity contribution in [1.29, 1.82) is 0 Å². The number of alkyl halides is 2.